The molecule has 0 aliphatic rings. The molecule has 0 radical (unpaired) electrons. The Morgan fingerprint density at radius 1 is 1.33 bits per heavy atom. The van der Waals surface area contributed by atoms with Gasteiger partial charge in [0.15, 0.2) is 0 Å². The molecule has 5 N–H and O–H groups in total. The lowest BCUT2D eigenvalue weighted by Crippen LogP contribution is -2.45. The van der Waals surface area contributed by atoms with E-state index in [-0.39, 0.29) is 18.5 Å². The number of carbonyl (C=O) groups excluding carboxylic acids is 2. The molecule has 0 aromatic carbocycles. The maximum absolute atomic E-state index is 11.6. The first kappa shape index (κ1) is 16.4. The zero-order valence-electron chi connectivity index (χ0n) is 11.4. The highest BCUT2D eigenvalue weighted by Gasteiger charge is 2.15. The Hall–Kier alpha value is -1.56. The summed E-state index contributed by atoms with van der Waals surface area (Å²) in [6.45, 7) is 4.66. The monoisotopic (exact) mass is 256 g/mol. The van der Waals surface area contributed by atoms with E-state index in [9.17, 15) is 9.59 Å². The van der Waals surface area contributed by atoms with Crippen LogP contribution in [0, 0.1) is 0 Å². The van der Waals surface area contributed by atoms with Crippen LogP contribution in [0.4, 0.5) is 0 Å². The van der Waals surface area contributed by atoms with Gasteiger partial charge >= 0.3 is 0 Å². The van der Waals surface area contributed by atoms with E-state index in [2.05, 4.69) is 16.0 Å². The quantitative estimate of drug-likeness (QED) is 0.417. The number of rotatable bonds is 9. The molecule has 0 aromatic rings. The van der Waals surface area contributed by atoms with Crippen LogP contribution in [0.15, 0.2) is 11.8 Å². The highest BCUT2D eigenvalue weighted by molar-refractivity contribution is 5.86. The summed E-state index contributed by atoms with van der Waals surface area (Å²) in [5, 5.41) is 8.64. The Morgan fingerprint density at radius 2 is 2.00 bits per heavy atom. The molecule has 0 bridgehead atoms. The van der Waals surface area contributed by atoms with Crippen LogP contribution in [0.3, 0.4) is 0 Å². The number of allylic oxidation sites excluding steroid dienone is 2. The summed E-state index contributed by atoms with van der Waals surface area (Å²) in [4.78, 5) is 22.2. The highest BCUT2D eigenvalue weighted by atomic mass is 16.2. The minimum atomic E-state index is -0.538. The predicted octanol–water partition coefficient (Wildman–Crippen LogP) is -0.531. The minimum absolute atomic E-state index is 0.118. The second-order valence-corrected chi connectivity index (χ2v) is 4.07. The van der Waals surface area contributed by atoms with Crippen LogP contribution in [0.5, 0.6) is 0 Å². The van der Waals surface area contributed by atoms with E-state index in [1.54, 1.807) is 7.05 Å². The molecule has 0 rings (SSSR count). The SMILES string of the molecule is C/C=C(/C)NCCC[C@H](NC)C(=O)NCC(N)=O. The Morgan fingerprint density at radius 3 is 2.50 bits per heavy atom. The summed E-state index contributed by atoms with van der Waals surface area (Å²) in [6, 6.07) is -0.294. The van der Waals surface area contributed by atoms with Gasteiger partial charge in [-0.05, 0) is 33.7 Å². The van der Waals surface area contributed by atoms with E-state index >= 15 is 0 Å². The van der Waals surface area contributed by atoms with Crippen molar-refractivity contribution in [2.75, 3.05) is 20.1 Å². The lowest BCUT2D eigenvalue weighted by Gasteiger charge is -2.15. The summed E-state index contributed by atoms with van der Waals surface area (Å²) in [5.74, 6) is -0.734. The fourth-order valence-corrected chi connectivity index (χ4v) is 1.40. The molecule has 0 aliphatic heterocycles. The molecule has 1 atom stereocenters. The number of nitrogens with one attached hydrogen (secondary N) is 3. The first-order chi connectivity index (χ1) is 8.51. The van der Waals surface area contributed by atoms with Crippen molar-refractivity contribution in [2.45, 2.75) is 32.7 Å². The lowest BCUT2D eigenvalue weighted by molar-refractivity contribution is -0.126. The van der Waals surface area contributed by atoms with Crippen molar-refractivity contribution in [1.82, 2.24) is 16.0 Å². The zero-order valence-corrected chi connectivity index (χ0v) is 11.4. The Balaban J connectivity index is 3.88. The molecule has 6 heteroatoms. The number of carbonyl (C=O) groups is 2. The largest absolute Gasteiger partial charge is 0.389 e. The zero-order chi connectivity index (χ0) is 14.0. The van der Waals surface area contributed by atoms with E-state index in [0.717, 1.165) is 18.7 Å². The number of hydrogen-bond acceptors (Lipinski definition) is 4. The van der Waals surface area contributed by atoms with Gasteiger partial charge in [-0.3, -0.25) is 9.59 Å². The van der Waals surface area contributed by atoms with Crippen LogP contribution < -0.4 is 21.7 Å². The van der Waals surface area contributed by atoms with Gasteiger partial charge in [0.05, 0.1) is 12.6 Å². The average molecular weight is 256 g/mol. The summed E-state index contributed by atoms with van der Waals surface area (Å²) in [7, 11) is 1.72. The predicted molar refractivity (Wildman–Crippen MR) is 71.7 cm³/mol. The first-order valence-electron chi connectivity index (χ1n) is 6.11. The van der Waals surface area contributed by atoms with Gasteiger partial charge in [-0.15, -0.1) is 0 Å². The third kappa shape index (κ3) is 7.67. The van der Waals surface area contributed by atoms with Gasteiger partial charge < -0.3 is 21.7 Å². The summed E-state index contributed by atoms with van der Waals surface area (Å²) in [5.41, 5.74) is 6.08. The second kappa shape index (κ2) is 9.47. The fourth-order valence-electron chi connectivity index (χ4n) is 1.40. The third-order valence-corrected chi connectivity index (χ3v) is 2.61. The van der Waals surface area contributed by atoms with Gasteiger partial charge in [0.1, 0.15) is 0 Å². The van der Waals surface area contributed by atoms with Crippen molar-refractivity contribution in [3.63, 3.8) is 0 Å². The lowest BCUT2D eigenvalue weighted by atomic mass is 10.1. The van der Waals surface area contributed by atoms with Crippen LogP contribution in [0.25, 0.3) is 0 Å². The van der Waals surface area contributed by atoms with E-state index in [1.807, 2.05) is 19.9 Å². The summed E-state index contributed by atoms with van der Waals surface area (Å²) in [6.07, 6.45) is 3.56. The van der Waals surface area contributed by atoms with E-state index in [1.165, 1.54) is 0 Å². The normalized spacial score (nSPS) is 12.9. The molecule has 0 aromatic heterocycles. The standard InChI is InChI=1S/C12H24N4O2/c1-4-9(2)15-7-5-6-10(14-3)12(18)16-8-11(13)17/h4,10,14-15H,5-8H2,1-3H3,(H2,13,17)(H,16,18)/b9-4-/t10-/m0/s1. The highest BCUT2D eigenvalue weighted by Crippen LogP contribution is 1.97. The van der Waals surface area contributed by atoms with E-state index in [0.29, 0.717) is 6.42 Å². The number of hydrogen-bond donors (Lipinski definition) is 4. The number of likely N-dealkylation sites (N-methyl/N-ethyl adjacent to an activating group) is 1. The molecular weight excluding hydrogens is 232 g/mol. The smallest absolute Gasteiger partial charge is 0.237 e. The molecule has 6 nitrogen and oxygen atoms in total. The molecule has 0 spiro atoms. The van der Waals surface area contributed by atoms with Crippen molar-refractivity contribution in [3.8, 4) is 0 Å². The van der Waals surface area contributed by atoms with Gasteiger partial charge in [0.2, 0.25) is 11.8 Å². The molecular formula is C12H24N4O2. The van der Waals surface area contributed by atoms with Crippen molar-refractivity contribution in [2.24, 2.45) is 5.73 Å². The van der Waals surface area contributed by atoms with Gasteiger partial charge in [-0.1, -0.05) is 6.08 Å². The van der Waals surface area contributed by atoms with Crippen molar-refractivity contribution in [3.05, 3.63) is 11.8 Å². The molecule has 0 unspecified atom stereocenters. The minimum Gasteiger partial charge on any atom is -0.389 e. The number of nitrogens with two attached hydrogens (primary N) is 1. The Labute approximate surface area is 108 Å². The summed E-state index contributed by atoms with van der Waals surface area (Å²) >= 11 is 0. The van der Waals surface area contributed by atoms with Gasteiger partial charge in [0, 0.05) is 12.2 Å². The summed E-state index contributed by atoms with van der Waals surface area (Å²) < 4.78 is 0. The molecule has 0 saturated carbocycles. The van der Waals surface area contributed by atoms with Crippen LogP contribution in [0.2, 0.25) is 0 Å². The van der Waals surface area contributed by atoms with Crippen molar-refractivity contribution < 1.29 is 9.59 Å². The maximum atomic E-state index is 11.6. The van der Waals surface area contributed by atoms with Gasteiger partial charge in [0.25, 0.3) is 0 Å². The first-order valence-corrected chi connectivity index (χ1v) is 6.11. The molecule has 0 aliphatic carbocycles. The molecule has 104 valence electrons. The molecule has 2 amide bonds. The fraction of sp³-hybridized carbons (Fsp3) is 0.667. The van der Waals surface area contributed by atoms with Crippen LogP contribution in [0.1, 0.15) is 26.7 Å². The molecule has 0 fully saturated rings. The van der Waals surface area contributed by atoms with Gasteiger partial charge in [-0.25, -0.2) is 0 Å². The third-order valence-electron chi connectivity index (χ3n) is 2.61. The van der Waals surface area contributed by atoms with E-state index < -0.39 is 5.91 Å². The van der Waals surface area contributed by atoms with Crippen LogP contribution in [-0.2, 0) is 9.59 Å². The van der Waals surface area contributed by atoms with Crippen LogP contribution in [-0.4, -0.2) is 38.0 Å². The second-order valence-electron chi connectivity index (χ2n) is 4.07. The number of amides is 2. The van der Waals surface area contributed by atoms with Crippen molar-refractivity contribution in [1.29, 1.82) is 0 Å². The Kier molecular flexibility index (Phi) is 8.65. The maximum Gasteiger partial charge on any atom is 0.237 e. The van der Waals surface area contributed by atoms with Gasteiger partial charge in [-0.2, -0.15) is 0 Å². The molecule has 0 saturated heterocycles. The van der Waals surface area contributed by atoms with E-state index in [4.69, 9.17) is 5.73 Å². The topological polar surface area (TPSA) is 96.2 Å². The number of primary amides is 1. The molecule has 0 heterocycles. The van der Waals surface area contributed by atoms with Crippen molar-refractivity contribution >= 4 is 11.8 Å². The van der Waals surface area contributed by atoms with Crippen LogP contribution >= 0.6 is 0 Å². The Bertz CT molecular complexity index is 302. The average Bonchev–Trinajstić information content (AvgIpc) is 2.35. The molecule has 18 heavy (non-hydrogen) atoms.